The van der Waals surface area contributed by atoms with E-state index in [1.54, 1.807) is 0 Å². The largest absolute Gasteiger partial charge is 0.399 e. The number of hydrogen-bond acceptors (Lipinski definition) is 5. The van der Waals surface area contributed by atoms with Gasteiger partial charge in [-0.15, -0.1) is 0 Å². The van der Waals surface area contributed by atoms with E-state index in [1.165, 1.54) is 6.07 Å². The van der Waals surface area contributed by atoms with Gasteiger partial charge in [-0.25, -0.2) is 17.5 Å². The minimum Gasteiger partial charge on any atom is -0.399 e. The molecule has 1 heterocycles. The van der Waals surface area contributed by atoms with Gasteiger partial charge in [0, 0.05) is 12.2 Å². The maximum absolute atomic E-state index is 13.6. The fourth-order valence-electron chi connectivity index (χ4n) is 1.67. The van der Waals surface area contributed by atoms with Crippen LogP contribution in [-0.2, 0) is 19.5 Å². The van der Waals surface area contributed by atoms with Crippen LogP contribution >= 0.6 is 0 Å². The zero-order valence-electron chi connectivity index (χ0n) is 10.1. The Hall–Kier alpha value is -1.22. The monoisotopic (exact) mass is 290 g/mol. The third kappa shape index (κ3) is 3.63. The summed E-state index contributed by atoms with van der Waals surface area (Å²) in [5.74, 6) is -0.881. The first-order chi connectivity index (χ1) is 8.99. The molecule has 1 aromatic rings. The Labute approximate surface area is 110 Å². The van der Waals surface area contributed by atoms with E-state index < -0.39 is 20.7 Å². The van der Waals surface area contributed by atoms with Gasteiger partial charge < -0.3 is 15.2 Å². The second-order valence-corrected chi connectivity index (χ2v) is 5.84. The summed E-state index contributed by atoms with van der Waals surface area (Å²) in [6.07, 6.45) is -0.361. The van der Waals surface area contributed by atoms with Gasteiger partial charge in [0.05, 0.1) is 25.9 Å². The highest BCUT2D eigenvalue weighted by atomic mass is 32.2. The summed E-state index contributed by atoms with van der Waals surface area (Å²) >= 11 is 0. The Morgan fingerprint density at radius 2 is 2.21 bits per heavy atom. The molecule has 0 radical (unpaired) electrons. The number of hydrogen-bond donors (Lipinski definition) is 2. The maximum Gasteiger partial charge on any atom is 0.243 e. The number of nitrogens with one attached hydrogen (secondary N) is 1. The zero-order chi connectivity index (χ0) is 13.9. The van der Waals surface area contributed by atoms with Crippen molar-refractivity contribution in [2.24, 2.45) is 0 Å². The van der Waals surface area contributed by atoms with Crippen molar-refractivity contribution in [3.63, 3.8) is 0 Å². The number of nitrogen functional groups attached to an aromatic ring is 1. The first-order valence-corrected chi connectivity index (χ1v) is 7.21. The summed E-state index contributed by atoms with van der Waals surface area (Å²) in [6, 6.07) is 3.43. The molecule has 2 rings (SSSR count). The van der Waals surface area contributed by atoms with Crippen molar-refractivity contribution in [2.75, 3.05) is 32.1 Å². The molecule has 1 aliphatic heterocycles. The van der Waals surface area contributed by atoms with Gasteiger partial charge in [0.2, 0.25) is 10.0 Å². The minimum atomic E-state index is -3.92. The highest BCUT2D eigenvalue weighted by Crippen LogP contribution is 2.17. The third-order valence-electron chi connectivity index (χ3n) is 2.63. The highest BCUT2D eigenvalue weighted by Gasteiger charge is 2.22. The van der Waals surface area contributed by atoms with Crippen LogP contribution < -0.4 is 10.5 Å². The standard InChI is InChI=1S/C11H15FN2O4S/c12-10-5-8(13)1-2-11(10)19(15,16)14-6-9-7-17-3-4-18-9/h1-2,5,9,14H,3-4,6-7,13H2. The number of rotatable bonds is 4. The summed E-state index contributed by atoms with van der Waals surface area (Å²) in [6.45, 7) is 1.26. The quantitative estimate of drug-likeness (QED) is 0.768. The molecule has 1 aromatic carbocycles. The average molecular weight is 290 g/mol. The molecule has 6 nitrogen and oxygen atoms in total. The van der Waals surface area contributed by atoms with Crippen molar-refractivity contribution >= 4 is 15.7 Å². The number of sulfonamides is 1. The van der Waals surface area contributed by atoms with Crippen LogP contribution in [0.1, 0.15) is 0 Å². The lowest BCUT2D eigenvalue weighted by atomic mass is 10.3. The fraction of sp³-hybridized carbons (Fsp3) is 0.455. The lowest BCUT2D eigenvalue weighted by Gasteiger charge is -2.23. The Morgan fingerprint density at radius 3 is 2.84 bits per heavy atom. The predicted molar refractivity (Wildman–Crippen MR) is 66.6 cm³/mol. The van der Waals surface area contributed by atoms with Crippen molar-refractivity contribution < 1.29 is 22.3 Å². The number of halogens is 1. The molecule has 0 aliphatic carbocycles. The van der Waals surface area contributed by atoms with Gasteiger partial charge in [-0.2, -0.15) is 0 Å². The minimum absolute atomic E-state index is 0.0339. The fourth-order valence-corrected chi connectivity index (χ4v) is 2.79. The van der Waals surface area contributed by atoms with E-state index in [1.807, 2.05) is 0 Å². The smallest absolute Gasteiger partial charge is 0.243 e. The molecule has 0 amide bonds. The summed E-state index contributed by atoms with van der Waals surface area (Å²) in [5, 5.41) is 0. The van der Waals surface area contributed by atoms with E-state index in [-0.39, 0.29) is 18.3 Å². The maximum atomic E-state index is 13.6. The average Bonchev–Trinajstić information content (AvgIpc) is 2.37. The highest BCUT2D eigenvalue weighted by molar-refractivity contribution is 7.89. The molecule has 106 valence electrons. The van der Waals surface area contributed by atoms with Crippen LogP contribution in [0.2, 0.25) is 0 Å². The van der Waals surface area contributed by atoms with Gasteiger partial charge in [0.25, 0.3) is 0 Å². The molecular weight excluding hydrogens is 275 g/mol. The van der Waals surface area contributed by atoms with Gasteiger partial charge in [0.1, 0.15) is 10.7 Å². The van der Waals surface area contributed by atoms with E-state index >= 15 is 0 Å². The first kappa shape index (κ1) is 14.2. The van der Waals surface area contributed by atoms with E-state index in [0.717, 1.165) is 12.1 Å². The lowest BCUT2D eigenvalue weighted by molar-refractivity contribution is -0.0847. The molecule has 0 bridgehead atoms. The van der Waals surface area contributed by atoms with E-state index in [4.69, 9.17) is 15.2 Å². The van der Waals surface area contributed by atoms with Crippen LogP contribution in [0.25, 0.3) is 0 Å². The summed E-state index contributed by atoms with van der Waals surface area (Å²) in [5.41, 5.74) is 5.54. The third-order valence-corrected chi connectivity index (χ3v) is 4.09. The lowest BCUT2D eigenvalue weighted by Crippen LogP contribution is -2.39. The molecular formula is C11H15FN2O4S. The number of benzene rings is 1. The normalized spacial score (nSPS) is 20.4. The van der Waals surface area contributed by atoms with Gasteiger partial charge in [0.15, 0.2) is 0 Å². The second-order valence-electron chi connectivity index (χ2n) is 4.11. The van der Waals surface area contributed by atoms with Crippen LogP contribution in [0.5, 0.6) is 0 Å². The Bertz CT molecular complexity index is 544. The Balaban J connectivity index is 2.05. The van der Waals surface area contributed by atoms with Gasteiger partial charge >= 0.3 is 0 Å². The Morgan fingerprint density at radius 1 is 1.42 bits per heavy atom. The van der Waals surface area contributed by atoms with Crippen molar-refractivity contribution in [3.8, 4) is 0 Å². The molecule has 0 spiro atoms. The summed E-state index contributed by atoms with van der Waals surface area (Å²) < 4.78 is 50.1. The first-order valence-electron chi connectivity index (χ1n) is 5.73. The van der Waals surface area contributed by atoms with Crippen molar-refractivity contribution in [1.82, 2.24) is 4.72 Å². The van der Waals surface area contributed by atoms with Gasteiger partial charge in [-0.1, -0.05) is 0 Å². The van der Waals surface area contributed by atoms with E-state index in [2.05, 4.69) is 4.72 Å². The van der Waals surface area contributed by atoms with E-state index in [9.17, 15) is 12.8 Å². The second kappa shape index (κ2) is 5.83. The van der Waals surface area contributed by atoms with Gasteiger partial charge in [-0.05, 0) is 18.2 Å². The zero-order valence-corrected chi connectivity index (χ0v) is 11.0. The molecule has 1 unspecified atom stereocenters. The van der Waals surface area contributed by atoms with Gasteiger partial charge in [-0.3, -0.25) is 0 Å². The summed E-state index contributed by atoms with van der Waals surface area (Å²) in [7, 11) is -3.92. The number of nitrogens with two attached hydrogens (primary N) is 1. The van der Waals surface area contributed by atoms with Crippen LogP contribution in [0.3, 0.4) is 0 Å². The molecule has 1 fully saturated rings. The van der Waals surface area contributed by atoms with Crippen molar-refractivity contribution in [1.29, 1.82) is 0 Å². The van der Waals surface area contributed by atoms with Crippen molar-refractivity contribution in [2.45, 2.75) is 11.0 Å². The number of ether oxygens (including phenoxy) is 2. The van der Waals surface area contributed by atoms with Crippen LogP contribution in [0.4, 0.5) is 10.1 Å². The topological polar surface area (TPSA) is 90.7 Å². The predicted octanol–water partition coefficient (Wildman–Crippen LogP) is 0.102. The summed E-state index contributed by atoms with van der Waals surface area (Å²) in [4.78, 5) is -0.432. The van der Waals surface area contributed by atoms with Crippen LogP contribution in [0, 0.1) is 5.82 Å². The Kier molecular flexibility index (Phi) is 4.35. The molecule has 1 atom stereocenters. The molecule has 3 N–H and O–H groups in total. The number of anilines is 1. The van der Waals surface area contributed by atoms with Crippen LogP contribution in [-0.4, -0.2) is 40.9 Å². The molecule has 1 saturated heterocycles. The van der Waals surface area contributed by atoms with Crippen LogP contribution in [0.15, 0.2) is 23.1 Å². The molecule has 0 saturated carbocycles. The van der Waals surface area contributed by atoms with Crippen molar-refractivity contribution in [3.05, 3.63) is 24.0 Å². The molecule has 19 heavy (non-hydrogen) atoms. The molecule has 1 aliphatic rings. The SMILES string of the molecule is Nc1ccc(S(=O)(=O)NCC2COCCO2)c(F)c1. The molecule has 8 heteroatoms. The van der Waals surface area contributed by atoms with E-state index in [0.29, 0.717) is 19.8 Å². The molecule has 0 aromatic heterocycles.